The summed E-state index contributed by atoms with van der Waals surface area (Å²) in [6, 6.07) is 3.45. The van der Waals surface area contributed by atoms with Crippen LogP contribution in [0.3, 0.4) is 0 Å². The number of hydrogen-bond acceptors (Lipinski definition) is 3. The van der Waals surface area contributed by atoms with Gasteiger partial charge in [-0.3, -0.25) is 0 Å². The lowest BCUT2D eigenvalue weighted by Crippen LogP contribution is -2.31. The first kappa shape index (κ1) is 11.5. The van der Waals surface area contributed by atoms with Crippen LogP contribution >= 0.6 is 0 Å². The Morgan fingerprint density at radius 1 is 1.22 bits per heavy atom. The van der Waals surface area contributed by atoms with Gasteiger partial charge < -0.3 is 14.4 Å². The standard InChI is InChI=1S/C14H19N3O/c18-13-4-9-17-12(10-13)11-15-14(17)5-8-16-6-2-1-3-7-16/h4,9-11,18H,1-3,5-8H2. The van der Waals surface area contributed by atoms with E-state index < -0.39 is 0 Å². The maximum absolute atomic E-state index is 9.42. The van der Waals surface area contributed by atoms with E-state index in [-0.39, 0.29) is 0 Å². The molecule has 0 saturated carbocycles. The molecule has 3 rings (SSSR count). The molecule has 18 heavy (non-hydrogen) atoms. The predicted octanol–water partition coefficient (Wildman–Crippen LogP) is 2.07. The summed E-state index contributed by atoms with van der Waals surface area (Å²) in [6.45, 7) is 3.54. The van der Waals surface area contributed by atoms with Gasteiger partial charge >= 0.3 is 0 Å². The molecule has 96 valence electrons. The quantitative estimate of drug-likeness (QED) is 0.900. The van der Waals surface area contributed by atoms with Crippen molar-refractivity contribution >= 4 is 5.52 Å². The summed E-state index contributed by atoms with van der Waals surface area (Å²) in [5.41, 5.74) is 0.962. The molecule has 1 aliphatic heterocycles. The van der Waals surface area contributed by atoms with E-state index in [0.717, 1.165) is 24.3 Å². The number of nitrogens with zero attached hydrogens (tertiary/aromatic N) is 3. The van der Waals surface area contributed by atoms with Gasteiger partial charge in [-0.15, -0.1) is 0 Å². The first-order valence-corrected chi connectivity index (χ1v) is 6.70. The molecular formula is C14H19N3O. The maximum atomic E-state index is 9.42. The number of piperidine rings is 1. The zero-order valence-corrected chi connectivity index (χ0v) is 10.5. The van der Waals surface area contributed by atoms with Crippen LogP contribution < -0.4 is 0 Å². The molecule has 4 nitrogen and oxygen atoms in total. The van der Waals surface area contributed by atoms with Crippen LogP contribution in [0.4, 0.5) is 0 Å². The molecule has 0 radical (unpaired) electrons. The van der Waals surface area contributed by atoms with Gasteiger partial charge in [0.05, 0.1) is 11.7 Å². The van der Waals surface area contributed by atoms with Crippen molar-refractivity contribution < 1.29 is 5.11 Å². The highest BCUT2D eigenvalue weighted by Crippen LogP contribution is 2.15. The van der Waals surface area contributed by atoms with Gasteiger partial charge in [-0.2, -0.15) is 0 Å². The van der Waals surface area contributed by atoms with E-state index in [1.54, 1.807) is 12.1 Å². The molecule has 3 heterocycles. The van der Waals surface area contributed by atoms with Crippen molar-refractivity contribution in [3.63, 3.8) is 0 Å². The topological polar surface area (TPSA) is 40.8 Å². The summed E-state index contributed by atoms with van der Waals surface area (Å²) in [6.07, 6.45) is 8.72. The van der Waals surface area contributed by atoms with E-state index in [4.69, 9.17) is 0 Å². The number of hydrogen-bond donors (Lipinski definition) is 1. The van der Waals surface area contributed by atoms with Crippen LogP contribution in [0.15, 0.2) is 24.5 Å². The lowest BCUT2D eigenvalue weighted by Gasteiger charge is -2.25. The van der Waals surface area contributed by atoms with Crippen molar-refractivity contribution in [1.29, 1.82) is 0 Å². The van der Waals surface area contributed by atoms with Crippen LogP contribution in [0.1, 0.15) is 25.1 Å². The molecule has 0 aromatic carbocycles. The summed E-state index contributed by atoms with van der Waals surface area (Å²) >= 11 is 0. The summed E-state index contributed by atoms with van der Waals surface area (Å²) in [4.78, 5) is 6.96. The van der Waals surface area contributed by atoms with Gasteiger partial charge in [0.15, 0.2) is 0 Å². The molecule has 0 spiro atoms. The van der Waals surface area contributed by atoms with E-state index in [2.05, 4.69) is 14.3 Å². The fourth-order valence-corrected chi connectivity index (χ4v) is 2.67. The zero-order valence-electron chi connectivity index (χ0n) is 10.5. The van der Waals surface area contributed by atoms with Crippen LogP contribution in [-0.4, -0.2) is 39.0 Å². The number of aromatic nitrogens is 2. The van der Waals surface area contributed by atoms with Crippen LogP contribution in [0.25, 0.3) is 5.52 Å². The van der Waals surface area contributed by atoms with Crippen LogP contribution in [0, 0.1) is 0 Å². The van der Waals surface area contributed by atoms with Crippen LogP contribution in [0.2, 0.25) is 0 Å². The molecule has 0 bridgehead atoms. The number of aromatic hydroxyl groups is 1. The second kappa shape index (κ2) is 4.98. The SMILES string of the molecule is Oc1ccn2c(CCN3CCCCC3)ncc2c1. The summed E-state index contributed by atoms with van der Waals surface area (Å²) in [7, 11) is 0. The number of imidazole rings is 1. The molecule has 1 N–H and O–H groups in total. The van der Waals surface area contributed by atoms with Crippen molar-refractivity contribution in [2.24, 2.45) is 0 Å². The lowest BCUT2D eigenvalue weighted by atomic mass is 10.1. The minimum Gasteiger partial charge on any atom is -0.508 e. The highest BCUT2D eigenvalue weighted by molar-refractivity contribution is 5.50. The highest BCUT2D eigenvalue weighted by atomic mass is 16.3. The Morgan fingerprint density at radius 2 is 2.06 bits per heavy atom. The van der Waals surface area contributed by atoms with Gasteiger partial charge in [0.25, 0.3) is 0 Å². The minimum atomic E-state index is 0.296. The molecule has 1 fully saturated rings. The van der Waals surface area contributed by atoms with Gasteiger partial charge in [0.1, 0.15) is 11.6 Å². The van der Waals surface area contributed by atoms with Gasteiger partial charge in [0, 0.05) is 25.2 Å². The number of likely N-dealkylation sites (tertiary alicyclic amines) is 1. The Morgan fingerprint density at radius 3 is 2.89 bits per heavy atom. The second-order valence-electron chi connectivity index (χ2n) is 5.01. The van der Waals surface area contributed by atoms with Crippen molar-refractivity contribution in [2.45, 2.75) is 25.7 Å². The van der Waals surface area contributed by atoms with E-state index >= 15 is 0 Å². The highest BCUT2D eigenvalue weighted by Gasteiger charge is 2.11. The minimum absolute atomic E-state index is 0.296. The van der Waals surface area contributed by atoms with Gasteiger partial charge in [-0.05, 0) is 32.0 Å². The molecular weight excluding hydrogens is 226 g/mol. The van der Waals surface area contributed by atoms with E-state index in [9.17, 15) is 5.11 Å². The smallest absolute Gasteiger partial charge is 0.119 e. The summed E-state index contributed by atoms with van der Waals surface area (Å²) in [5.74, 6) is 1.38. The fraction of sp³-hybridized carbons (Fsp3) is 0.500. The molecule has 4 heteroatoms. The Labute approximate surface area is 107 Å². The molecule has 2 aromatic heterocycles. The molecule has 0 amide bonds. The van der Waals surface area contributed by atoms with Crippen molar-refractivity contribution in [1.82, 2.24) is 14.3 Å². The van der Waals surface area contributed by atoms with Gasteiger partial charge in [-0.25, -0.2) is 4.98 Å². The Balaban J connectivity index is 1.70. The normalized spacial score (nSPS) is 17.3. The van der Waals surface area contributed by atoms with Crippen molar-refractivity contribution in [3.8, 4) is 5.75 Å². The Hall–Kier alpha value is -1.55. The second-order valence-corrected chi connectivity index (χ2v) is 5.01. The van der Waals surface area contributed by atoms with E-state index in [0.29, 0.717) is 5.75 Å². The maximum Gasteiger partial charge on any atom is 0.119 e. The molecule has 1 aliphatic rings. The summed E-state index contributed by atoms with van der Waals surface area (Å²) in [5, 5.41) is 9.42. The van der Waals surface area contributed by atoms with E-state index in [1.807, 2.05) is 12.4 Å². The molecule has 2 aromatic rings. The van der Waals surface area contributed by atoms with Gasteiger partial charge in [-0.1, -0.05) is 6.42 Å². The predicted molar refractivity (Wildman–Crippen MR) is 70.9 cm³/mol. The third kappa shape index (κ3) is 2.34. The first-order chi connectivity index (χ1) is 8.83. The molecule has 0 unspecified atom stereocenters. The number of rotatable bonds is 3. The number of pyridine rings is 1. The monoisotopic (exact) mass is 245 g/mol. The third-order valence-electron chi connectivity index (χ3n) is 3.69. The fourth-order valence-electron chi connectivity index (χ4n) is 2.67. The first-order valence-electron chi connectivity index (χ1n) is 6.70. The summed E-state index contributed by atoms with van der Waals surface area (Å²) < 4.78 is 2.06. The number of fused-ring (bicyclic) bond motifs is 1. The average Bonchev–Trinajstić information content (AvgIpc) is 2.80. The Bertz CT molecular complexity index is 529. The van der Waals surface area contributed by atoms with E-state index in [1.165, 1.54) is 32.4 Å². The van der Waals surface area contributed by atoms with Crippen LogP contribution in [-0.2, 0) is 6.42 Å². The third-order valence-corrected chi connectivity index (χ3v) is 3.69. The van der Waals surface area contributed by atoms with Crippen molar-refractivity contribution in [3.05, 3.63) is 30.4 Å². The largest absolute Gasteiger partial charge is 0.508 e. The van der Waals surface area contributed by atoms with Gasteiger partial charge in [0.2, 0.25) is 0 Å². The molecule has 1 saturated heterocycles. The molecule has 0 aliphatic carbocycles. The zero-order chi connectivity index (χ0) is 12.4. The lowest BCUT2D eigenvalue weighted by molar-refractivity contribution is 0.230. The Kier molecular flexibility index (Phi) is 3.19. The van der Waals surface area contributed by atoms with Crippen LogP contribution in [0.5, 0.6) is 5.75 Å². The van der Waals surface area contributed by atoms with Crippen molar-refractivity contribution in [2.75, 3.05) is 19.6 Å². The molecule has 0 atom stereocenters. The average molecular weight is 245 g/mol.